The van der Waals surface area contributed by atoms with Gasteiger partial charge in [-0.05, 0) is 55.0 Å². The Labute approximate surface area is 181 Å². The Kier molecular flexibility index (Phi) is 6.73. The molecule has 0 bridgehead atoms. The number of amides is 1. The topological polar surface area (TPSA) is 101 Å². The fraction of sp³-hybridized carbons (Fsp3) is 0.238. The minimum Gasteiger partial charge on any atom is -0.508 e. The number of benzene rings is 2. The molecule has 9 heteroatoms. The number of aryl methyl sites for hydroxylation is 1. The highest BCUT2D eigenvalue weighted by molar-refractivity contribution is 7.86. The van der Waals surface area contributed by atoms with E-state index >= 15 is 0 Å². The Balaban J connectivity index is 1.90. The Morgan fingerprint density at radius 1 is 1.20 bits per heavy atom. The Morgan fingerprint density at radius 3 is 2.53 bits per heavy atom. The molecule has 3 aromatic rings. The molecule has 1 unspecified atom stereocenters. The van der Waals surface area contributed by atoms with E-state index in [4.69, 9.17) is 4.74 Å². The third-order valence-corrected chi connectivity index (χ3v) is 6.52. The van der Waals surface area contributed by atoms with Gasteiger partial charge in [-0.25, -0.2) is 9.19 Å². The summed E-state index contributed by atoms with van der Waals surface area (Å²) in [6, 6.07) is 11.7. The summed E-state index contributed by atoms with van der Waals surface area (Å²) in [7, 11) is -0.0722. The van der Waals surface area contributed by atoms with Crippen LogP contribution >= 0.6 is 11.3 Å². The Morgan fingerprint density at radius 2 is 1.90 bits per heavy atom. The first-order valence-corrected chi connectivity index (χ1v) is 11.2. The Bertz CT molecular complexity index is 1080. The molecule has 0 fully saturated rings. The van der Waals surface area contributed by atoms with Crippen molar-refractivity contribution < 1.29 is 18.8 Å². The highest BCUT2D eigenvalue weighted by Crippen LogP contribution is 2.36. The lowest BCUT2D eigenvalue weighted by Crippen LogP contribution is -2.17. The zero-order valence-electron chi connectivity index (χ0n) is 17.1. The second-order valence-electron chi connectivity index (χ2n) is 6.86. The number of phenolic OH excluding ortho intramolecular Hbond substituents is 1. The van der Waals surface area contributed by atoms with E-state index in [9.17, 15) is 14.1 Å². The summed E-state index contributed by atoms with van der Waals surface area (Å²) in [6.45, 7) is 5.51. The van der Waals surface area contributed by atoms with Gasteiger partial charge in [0.15, 0.2) is 16.1 Å². The lowest BCUT2D eigenvalue weighted by molar-refractivity contribution is -0.118. The van der Waals surface area contributed by atoms with Crippen molar-refractivity contribution in [3.63, 3.8) is 0 Å². The van der Waals surface area contributed by atoms with Crippen LogP contribution in [-0.2, 0) is 15.8 Å². The molecule has 1 amide bonds. The van der Waals surface area contributed by atoms with Crippen molar-refractivity contribution >= 4 is 39.0 Å². The maximum absolute atomic E-state index is 13.0. The average Bonchev–Trinajstić information content (AvgIpc) is 3.09. The van der Waals surface area contributed by atoms with Crippen LogP contribution in [0.4, 0.5) is 10.8 Å². The molecule has 0 radical (unpaired) electrons. The molecular weight excluding hydrogens is 422 g/mol. The molecule has 30 heavy (non-hydrogen) atoms. The normalized spacial score (nSPS) is 11.9. The third kappa shape index (κ3) is 4.98. The van der Waals surface area contributed by atoms with Crippen LogP contribution in [0, 0.1) is 12.8 Å². The van der Waals surface area contributed by atoms with Crippen LogP contribution in [0.1, 0.15) is 19.5 Å². The smallest absolute Gasteiger partial charge is 0.228 e. The number of carbonyl (C=O) groups excluding carboxylic acids is 1. The van der Waals surface area contributed by atoms with Gasteiger partial charge in [0.1, 0.15) is 16.4 Å². The highest BCUT2D eigenvalue weighted by atomic mass is 32.2. The summed E-state index contributed by atoms with van der Waals surface area (Å²) in [6.07, 6.45) is 0. The summed E-state index contributed by atoms with van der Waals surface area (Å²) < 4.78 is 21.3. The van der Waals surface area contributed by atoms with Crippen LogP contribution in [-0.4, -0.2) is 27.3 Å². The Hall–Kier alpha value is -2.91. The van der Waals surface area contributed by atoms with Gasteiger partial charge in [0, 0.05) is 11.6 Å². The number of hydrogen-bond donors (Lipinski definition) is 3. The molecule has 2 aromatic carbocycles. The van der Waals surface area contributed by atoms with E-state index in [1.54, 1.807) is 24.3 Å². The molecule has 0 aliphatic heterocycles. The fourth-order valence-electron chi connectivity index (χ4n) is 2.62. The van der Waals surface area contributed by atoms with Crippen LogP contribution in [0.15, 0.2) is 47.4 Å². The van der Waals surface area contributed by atoms with Crippen LogP contribution in [0.3, 0.4) is 0 Å². The van der Waals surface area contributed by atoms with E-state index in [-0.39, 0.29) is 17.6 Å². The number of thiazole rings is 1. The number of nitrogens with zero attached hydrogens (tertiary/aromatic N) is 1. The van der Waals surface area contributed by atoms with Gasteiger partial charge in [-0.3, -0.25) is 4.79 Å². The highest BCUT2D eigenvalue weighted by Gasteiger charge is 2.17. The average molecular weight is 446 g/mol. The van der Waals surface area contributed by atoms with Crippen LogP contribution in [0.25, 0.3) is 10.4 Å². The van der Waals surface area contributed by atoms with E-state index in [2.05, 4.69) is 15.0 Å². The maximum Gasteiger partial charge on any atom is 0.228 e. The standard InChI is InChI=1S/C21H23N3O4S2/c1-12(2)20(26)23-21-22-13(3)19(29-21)14-5-10-17(28-4)18(11-14)30(27)24-15-6-8-16(25)9-7-15/h5-12,24-25H,1-4H3,(H,22,23,26). The molecule has 0 spiro atoms. The number of hydrogen-bond acceptors (Lipinski definition) is 6. The fourth-order valence-corrected chi connectivity index (χ4v) is 4.62. The van der Waals surface area contributed by atoms with Crippen molar-refractivity contribution in [2.75, 3.05) is 17.1 Å². The molecule has 3 N–H and O–H groups in total. The first-order chi connectivity index (χ1) is 14.3. The summed E-state index contributed by atoms with van der Waals surface area (Å²) in [5.74, 6) is 0.384. The summed E-state index contributed by atoms with van der Waals surface area (Å²) >= 11 is 1.37. The molecule has 0 saturated carbocycles. The van der Waals surface area contributed by atoms with Gasteiger partial charge >= 0.3 is 0 Å². The lowest BCUT2D eigenvalue weighted by Gasteiger charge is -2.12. The van der Waals surface area contributed by atoms with Crippen LogP contribution in [0.5, 0.6) is 11.5 Å². The minimum atomic E-state index is -1.59. The molecule has 0 saturated heterocycles. The predicted molar refractivity (Wildman–Crippen MR) is 120 cm³/mol. The lowest BCUT2D eigenvalue weighted by atomic mass is 10.1. The van der Waals surface area contributed by atoms with E-state index in [1.165, 1.54) is 30.6 Å². The first-order valence-electron chi connectivity index (χ1n) is 9.22. The zero-order valence-corrected chi connectivity index (χ0v) is 18.7. The maximum atomic E-state index is 13.0. The van der Waals surface area contributed by atoms with Gasteiger partial charge in [0.25, 0.3) is 0 Å². The number of methoxy groups -OCH3 is 1. The molecule has 1 atom stereocenters. The first kappa shape index (κ1) is 21.8. The van der Waals surface area contributed by atoms with Crippen molar-refractivity contribution in [3.05, 3.63) is 48.2 Å². The second-order valence-corrected chi connectivity index (χ2v) is 9.04. The molecule has 0 aliphatic rings. The number of anilines is 2. The van der Waals surface area contributed by atoms with Crippen molar-refractivity contribution in [1.29, 1.82) is 0 Å². The number of nitrogens with one attached hydrogen (secondary N) is 2. The minimum absolute atomic E-state index is 0.0927. The number of aromatic nitrogens is 1. The molecule has 1 aromatic heterocycles. The van der Waals surface area contributed by atoms with E-state index in [1.807, 2.05) is 26.8 Å². The van der Waals surface area contributed by atoms with Gasteiger partial charge in [0.05, 0.1) is 17.7 Å². The molecule has 7 nitrogen and oxygen atoms in total. The van der Waals surface area contributed by atoms with Gasteiger partial charge in [-0.1, -0.05) is 25.2 Å². The van der Waals surface area contributed by atoms with Crippen LogP contribution < -0.4 is 14.8 Å². The van der Waals surface area contributed by atoms with Crippen molar-refractivity contribution in [3.8, 4) is 21.9 Å². The number of aromatic hydroxyl groups is 1. The SMILES string of the molecule is COc1ccc(-c2sc(NC(=O)C(C)C)nc2C)cc1S(=O)Nc1ccc(O)cc1. The van der Waals surface area contributed by atoms with Gasteiger partial charge in [0.2, 0.25) is 5.91 Å². The van der Waals surface area contributed by atoms with E-state index in [0.717, 1.165) is 16.1 Å². The van der Waals surface area contributed by atoms with Crippen molar-refractivity contribution in [2.45, 2.75) is 25.7 Å². The number of ether oxygens (including phenoxy) is 1. The summed E-state index contributed by atoms with van der Waals surface area (Å²) in [5, 5.41) is 12.8. The van der Waals surface area contributed by atoms with E-state index in [0.29, 0.717) is 21.5 Å². The van der Waals surface area contributed by atoms with E-state index < -0.39 is 11.0 Å². The van der Waals surface area contributed by atoms with Crippen molar-refractivity contribution in [2.24, 2.45) is 5.92 Å². The van der Waals surface area contributed by atoms with Crippen LogP contribution in [0.2, 0.25) is 0 Å². The number of carbonyl (C=O) groups is 1. The molecule has 3 rings (SSSR count). The largest absolute Gasteiger partial charge is 0.508 e. The number of rotatable bonds is 7. The monoisotopic (exact) mass is 445 g/mol. The molecule has 0 aliphatic carbocycles. The predicted octanol–water partition coefficient (Wildman–Crippen LogP) is 4.56. The molecular formula is C21H23N3O4S2. The zero-order chi connectivity index (χ0) is 21.8. The van der Waals surface area contributed by atoms with Gasteiger partial charge in [-0.2, -0.15) is 0 Å². The number of phenols is 1. The van der Waals surface area contributed by atoms with Gasteiger partial charge in [-0.15, -0.1) is 0 Å². The molecule has 1 heterocycles. The molecule has 158 valence electrons. The quantitative estimate of drug-likeness (QED) is 0.463. The van der Waals surface area contributed by atoms with Crippen molar-refractivity contribution in [1.82, 2.24) is 4.98 Å². The summed E-state index contributed by atoms with van der Waals surface area (Å²) in [5.41, 5.74) is 2.20. The second kappa shape index (κ2) is 9.27. The van der Waals surface area contributed by atoms with Gasteiger partial charge < -0.3 is 19.9 Å². The third-order valence-electron chi connectivity index (χ3n) is 4.25. The summed E-state index contributed by atoms with van der Waals surface area (Å²) in [4.78, 5) is 17.8.